The van der Waals surface area contributed by atoms with E-state index in [-0.39, 0.29) is 5.91 Å². The van der Waals surface area contributed by atoms with Crippen molar-refractivity contribution in [3.8, 4) is 5.75 Å². The molecule has 1 N–H and O–H groups in total. The Morgan fingerprint density at radius 2 is 1.95 bits per heavy atom. The van der Waals surface area contributed by atoms with Gasteiger partial charge in [-0.3, -0.25) is 4.79 Å². The van der Waals surface area contributed by atoms with Crippen LogP contribution in [0.15, 0.2) is 54.6 Å². The topological polar surface area (TPSA) is 38.3 Å². The predicted octanol–water partition coefficient (Wildman–Crippen LogP) is 4.76. The van der Waals surface area contributed by atoms with E-state index in [1.165, 1.54) is 0 Å². The second kappa shape index (κ2) is 8.03. The maximum atomic E-state index is 12.2. The third-order valence-corrected chi connectivity index (χ3v) is 3.27. The number of unbranched alkanes of at least 4 members (excludes halogenated alkanes) is 1. The van der Waals surface area contributed by atoms with E-state index in [0.29, 0.717) is 11.3 Å². The fourth-order valence-electron chi connectivity index (χ4n) is 2.04. The van der Waals surface area contributed by atoms with Gasteiger partial charge in [0.1, 0.15) is 5.75 Å². The van der Waals surface area contributed by atoms with Crippen molar-refractivity contribution >= 4 is 17.7 Å². The van der Waals surface area contributed by atoms with Gasteiger partial charge in [-0.25, -0.2) is 0 Å². The first kappa shape index (κ1) is 15.8. The van der Waals surface area contributed by atoms with E-state index >= 15 is 0 Å². The third kappa shape index (κ3) is 4.48. The molecule has 22 heavy (non-hydrogen) atoms. The average molecular weight is 295 g/mol. The molecule has 0 saturated carbocycles. The first-order valence-corrected chi connectivity index (χ1v) is 7.45. The lowest BCUT2D eigenvalue weighted by molar-refractivity contribution is 0.102. The van der Waals surface area contributed by atoms with Crippen LogP contribution in [0.2, 0.25) is 0 Å². The summed E-state index contributed by atoms with van der Waals surface area (Å²) < 4.78 is 5.15. The van der Waals surface area contributed by atoms with E-state index in [1.807, 2.05) is 42.5 Å². The smallest absolute Gasteiger partial charge is 0.255 e. The summed E-state index contributed by atoms with van der Waals surface area (Å²) in [6.45, 7) is 2.15. The van der Waals surface area contributed by atoms with Crippen molar-refractivity contribution in [2.24, 2.45) is 0 Å². The molecule has 0 heterocycles. The van der Waals surface area contributed by atoms with E-state index < -0.39 is 0 Å². The molecular formula is C19H21NO2. The van der Waals surface area contributed by atoms with Crippen LogP contribution in [0.25, 0.3) is 6.08 Å². The normalized spacial score (nSPS) is 10.6. The number of anilines is 1. The summed E-state index contributed by atoms with van der Waals surface area (Å²) in [4.78, 5) is 12.2. The number of hydrogen-bond donors (Lipinski definition) is 1. The summed E-state index contributed by atoms with van der Waals surface area (Å²) in [5.41, 5.74) is 2.46. The standard InChI is InChI=1S/C19H21NO2/c1-3-4-5-7-15-10-12-16(13-11-15)19(21)20-17-8-6-9-18(14-17)22-2/h5-14H,3-4H2,1-2H3,(H,20,21). The van der Waals surface area contributed by atoms with Gasteiger partial charge in [0.05, 0.1) is 7.11 Å². The number of nitrogens with one attached hydrogen (secondary N) is 1. The Morgan fingerprint density at radius 3 is 2.64 bits per heavy atom. The van der Waals surface area contributed by atoms with E-state index in [9.17, 15) is 4.79 Å². The molecule has 0 radical (unpaired) electrons. The van der Waals surface area contributed by atoms with Crippen LogP contribution in [-0.4, -0.2) is 13.0 Å². The van der Waals surface area contributed by atoms with Crippen LogP contribution in [0.3, 0.4) is 0 Å². The number of hydrogen-bond acceptors (Lipinski definition) is 2. The summed E-state index contributed by atoms with van der Waals surface area (Å²) in [5, 5.41) is 2.87. The van der Waals surface area contributed by atoms with Crippen LogP contribution < -0.4 is 10.1 Å². The van der Waals surface area contributed by atoms with Crippen molar-refractivity contribution in [1.29, 1.82) is 0 Å². The number of benzene rings is 2. The molecule has 3 nitrogen and oxygen atoms in total. The molecule has 2 aromatic rings. The molecular weight excluding hydrogens is 274 g/mol. The first-order valence-electron chi connectivity index (χ1n) is 7.45. The largest absolute Gasteiger partial charge is 0.497 e. The Labute approximate surface area is 131 Å². The minimum absolute atomic E-state index is 0.127. The van der Waals surface area contributed by atoms with Crippen LogP contribution in [0.5, 0.6) is 5.75 Å². The van der Waals surface area contributed by atoms with Crippen LogP contribution in [0, 0.1) is 0 Å². The van der Waals surface area contributed by atoms with Gasteiger partial charge >= 0.3 is 0 Å². The highest BCUT2D eigenvalue weighted by Crippen LogP contribution is 2.17. The van der Waals surface area contributed by atoms with Crippen LogP contribution in [0.1, 0.15) is 35.7 Å². The molecule has 2 rings (SSSR count). The molecule has 0 aliphatic carbocycles. The maximum absolute atomic E-state index is 12.2. The predicted molar refractivity (Wildman–Crippen MR) is 91.3 cm³/mol. The zero-order valence-corrected chi connectivity index (χ0v) is 13.0. The third-order valence-electron chi connectivity index (χ3n) is 3.27. The van der Waals surface area contributed by atoms with Gasteiger partial charge in [-0.1, -0.05) is 43.7 Å². The monoisotopic (exact) mass is 295 g/mol. The van der Waals surface area contributed by atoms with Gasteiger partial charge in [0.25, 0.3) is 5.91 Å². The SMILES string of the molecule is CCCC=Cc1ccc(C(=O)Nc2cccc(OC)c2)cc1. The van der Waals surface area contributed by atoms with Crippen LogP contribution >= 0.6 is 0 Å². The fraction of sp³-hybridized carbons (Fsp3) is 0.211. The van der Waals surface area contributed by atoms with E-state index in [1.54, 1.807) is 13.2 Å². The first-order chi connectivity index (χ1) is 10.7. The Hall–Kier alpha value is -2.55. The summed E-state index contributed by atoms with van der Waals surface area (Å²) in [6, 6.07) is 14.9. The van der Waals surface area contributed by atoms with Gasteiger partial charge in [-0.05, 0) is 36.2 Å². The highest BCUT2D eigenvalue weighted by Gasteiger charge is 2.06. The molecule has 0 fully saturated rings. The summed E-state index contributed by atoms with van der Waals surface area (Å²) >= 11 is 0. The number of carbonyl (C=O) groups is 1. The van der Waals surface area contributed by atoms with Crippen molar-refractivity contribution in [3.63, 3.8) is 0 Å². The van der Waals surface area contributed by atoms with E-state index in [2.05, 4.69) is 24.4 Å². The molecule has 0 saturated heterocycles. The second-order valence-corrected chi connectivity index (χ2v) is 5.00. The number of methoxy groups -OCH3 is 1. The molecule has 0 unspecified atom stereocenters. The van der Waals surface area contributed by atoms with Gasteiger partial charge in [0.2, 0.25) is 0 Å². The molecule has 3 heteroatoms. The van der Waals surface area contributed by atoms with Crippen molar-refractivity contribution in [2.45, 2.75) is 19.8 Å². The fourth-order valence-corrected chi connectivity index (χ4v) is 2.04. The van der Waals surface area contributed by atoms with Crippen molar-refractivity contribution in [2.75, 3.05) is 12.4 Å². The lowest BCUT2D eigenvalue weighted by atomic mass is 10.1. The zero-order chi connectivity index (χ0) is 15.8. The highest BCUT2D eigenvalue weighted by atomic mass is 16.5. The molecule has 0 atom stereocenters. The number of ether oxygens (including phenoxy) is 1. The molecule has 114 valence electrons. The quantitative estimate of drug-likeness (QED) is 0.834. The minimum atomic E-state index is -0.127. The molecule has 0 aromatic heterocycles. The Morgan fingerprint density at radius 1 is 1.18 bits per heavy atom. The highest BCUT2D eigenvalue weighted by molar-refractivity contribution is 6.04. The molecule has 1 amide bonds. The zero-order valence-electron chi connectivity index (χ0n) is 13.0. The average Bonchev–Trinajstić information content (AvgIpc) is 2.56. The summed E-state index contributed by atoms with van der Waals surface area (Å²) in [7, 11) is 1.60. The number of carbonyl (C=O) groups excluding carboxylic acids is 1. The van der Waals surface area contributed by atoms with Crippen LogP contribution in [-0.2, 0) is 0 Å². The molecule has 0 spiro atoms. The minimum Gasteiger partial charge on any atom is -0.497 e. The lowest BCUT2D eigenvalue weighted by Gasteiger charge is -2.07. The van der Waals surface area contributed by atoms with E-state index in [0.717, 1.165) is 24.1 Å². The molecule has 0 aliphatic heterocycles. The van der Waals surface area contributed by atoms with Gasteiger partial charge in [0.15, 0.2) is 0 Å². The second-order valence-electron chi connectivity index (χ2n) is 5.00. The maximum Gasteiger partial charge on any atom is 0.255 e. The number of amides is 1. The number of rotatable bonds is 6. The Balaban J connectivity index is 2.03. The van der Waals surface area contributed by atoms with Gasteiger partial charge in [-0.2, -0.15) is 0 Å². The molecule has 0 bridgehead atoms. The van der Waals surface area contributed by atoms with Gasteiger partial charge in [-0.15, -0.1) is 0 Å². The molecule has 2 aromatic carbocycles. The van der Waals surface area contributed by atoms with Crippen molar-refractivity contribution < 1.29 is 9.53 Å². The van der Waals surface area contributed by atoms with Gasteiger partial charge in [0, 0.05) is 17.3 Å². The Bertz CT molecular complexity index is 645. The summed E-state index contributed by atoms with van der Waals surface area (Å²) in [6.07, 6.45) is 6.42. The lowest BCUT2D eigenvalue weighted by Crippen LogP contribution is -2.11. The Kier molecular flexibility index (Phi) is 5.78. The van der Waals surface area contributed by atoms with E-state index in [4.69, 9.17) is 4.74 Å². The van der Waals surface area contributed by atoms with Crippen LogP contribution in [0.4, 0.5) is 5.69 Å². The van der Waals surface area contributed by atoms with Crippen molar-refractivity contribution in [1.82, 2.24) is 0 Å². The summed E-state index contributed by atoms with van der Waals surface area (Å²) in [5.74, 6) is 0.589. The molecule has 0 aliphatic rings. The number of allylic oxidation sites excluding steroid dienone is 1. The van der Waals surface area contributed by atoms with Crippen molar-refractivity contribution in [3.05, 3.63) is 65.7 Å². The van der Waals surface area contributed by atoms with Gasteiger partial charge < -0.3 is 10.1 Å².